The number of aromatic nitrogens is 1. The van der Waals surface area contributed by atoms with E-state index in [1.165, 1.54) is 37.0 Å². The number of para-hydroxylation sites is 1. The molecule has 1 aromatic heterocycles. The molecule has 1 aromatic carbocycles. The van der Waals surface area contributed by atoms with Crippen LogP contribution in [0.25, 0.3) is 10.2 Å². The molecule has 5 rings (SSSR count). The van der Waals surface area contributed by atoms with Gasteiger partial charge in [0.2, 0.25) is 11.7 Å². The van der Waals surface area contributed by atoms with Gasteiger partial charge >= 0.3 is 0 Å². The second-order valence-corrected chi connectivity index (χ2v) is 8.82. The molecule has 3 heterocycles. The highest BCUT2D eigenvalue weighted by Gasteiger charge is 2.45. The summed E-state index contributed by atoms with van der Waals surface area (Å²) in [6.07, 6.45) is 6.64. The molecule has 5 nitrogen and oxygen atoms in total. The highest BCUT2D eigenvalue weighted by Crippen LogP contribution is 2.35. The molecule has 1 saturated carbocycles. The van der Waals surface area contributed by atoms with Gasteiger partial charge < -0.3 is 10.2 Å². The predicted octanol–water partition coefficient (Wildman–Crippen LogP) is 3.00. The Labute approximate surface area is 156 Å². The van der Waals surface area contributed by atoms with E-state index in [1.54, 1.807) is 4.90 Å². The molecule has 1 amide bonds. The van der Waals surface area contributed by atoms with Crippen molar-refractivity contribution in [2.45, 2.75) is 56.7 Å². The molecular weight excluding hydrogens is 346 g/mol. The van der Waals surface area contributed by atoms with Crippen molar-refractivity contribution < 1.29 is 9.59 Å². The van der Waals surface area contributed by atoms with Gasteiger partial charge in [0, 0.05) is 12.6 Å². The fraction of sp³-hybridized carbons (Fsp3) is 0.550. The topological polar surface area (TPSA) is 62.3 Å². The molecule has 0 unspecified atom stereocenters. The average molecular weight is 369 g/mol. The van der Waals surface area contributed by atoms with Gasteiger partial charge in [-0.2, -0.15) is 0 Å². The molecule has 1 aliphatic carbocycles. The van der Waals surface area contributed by atoms with Gasteiger partial charge in [-0.3, -0.25) is 9.59 Å². The first-order valence-electron chi connectivity index (χ1n) is 9.67. The fourth-order valence-corrected chi connectivity index (χ4v) is 5.71. The van der Waals surface area contributed by atoms with Crippen LogP contribution in [-0.2, 0) is 4.79 Å². The van der Waals surface area contributed by atoms with Crippen LogP contribution in [-0.4, -0.2) is 46.2 Å². The maximum absolute atomic E-state index is 13.0. The van der Waals surface area contributed by atoms with E-state index < -0.39 is 0 Å². The average Bonchev–Trinajstić information content (AvgIpc) is 3.24. The van der Waals surface area contributed by atoms with Crippen molar-refractivity contribution in [3.05, 3.63) is 29.3 Å². The second-order valence-electron chi connectivity index (χ2n) is 7.79. The van der Waals surface area contributed by atoms with E-state index in [0.717, 1.165) is 23.1 Å². The van der Waals surface area contributed by atoms with Crippen LogP contribution in [0.5, 0.6) is 0 Å². The van der Waals surface area contributed by atoms with Gasteiger partial charge in [0.05, 0.1) is 22.3 Å². The molecule has 3 fully saturated rings. The summed E-state index contributed by atoms with van der Waals surface area (Å²) in [6, 6.07) is 7.87. The lowest BCUT2D eigenvalue weighted by Gasteiger charge is -2.40. The number of ketones is 1. The van der Waals surface area contributed by atoms with Crippen molar-refractivity contribution in [3.63, 3.8) is 0 Å². The van der Waals surface area contributed by atoms with Gasteiger partial charge in [0.1, 0.15) is 0 Å². The van der Waals surface area contributed by atoms with Crippen molar-refractivity contribution in [1.82, 2.24) is 15.2 Å². The lowest BCUT2D eigenvalue weighted by Crippen LogP contribution is -2.59. The van der Waals surface area contributed by atoms with Gasteiger partial charge in [-0.1, -0.05) is 25.0 Å². The minimum Gasteiger partial charge on any atom is -0.331 e. The van der Waals surface area contributed by atoms with Crippen molar-refractivity contribution in [2.75, 3.05) is 6.54 Å². The lowest BCUT2D eigenvalue weighted by molar-refractivity contribution is -0.139. The normalized spacial score (nSPS) is 30.8. The summed E-state index contributed by atoms with van der Waals surface area (Å²) in [7, 11) is 0. The number of rotatable bonds is 3. The van der Waals surface area contributed by atoms with Crippen molar-refractivity contribution in [1.29, 1.82) is 0 Å². The van der Waals surface area contributed by atoms with E-state index in [4.69, 9.17) is 0 Å². The highest BCUT2D eigenvalue weighted by molar-refractivity contribution is 7.20. The van der Waals surface area contributed by atoms with Gasteiger partial charge in [0.25, 0.3) is 0 Å². The number of benzene rings is 1. The Balaban J connectivity index is 1.30. The van der Waals surface area contributed by atoms with E-state index in [0.29, 0.717) is 23.5 Å². The number of likely N-dealkylation sites (tertiary alicyclic amines) is 1. The van der Waals surface area contributed by atoms with E-state index in [9.17, 15) is 9.59 Å². The van der Waals surface area contributed by atoms with Gasteiger partial charge in [-0.05, 0) is 43.7 Å². The first-order valence-corrected chi connectivity index (χ1v) is 10.5. The van der Waals surface area contributed by atoms with E-state index in [-0.39, 0.29) is 23.8 Å². The maximum Gasteiger partial charge on any atom is 0.240 e. The molecular formula is C20H23N3O2S. The number of amides is 1. The first-order chi connectivity index (χ1) is 12.7. The Bertz CT molecular complexity index is 817. The van der Waals surface area contributed by atoms with Crippen LogP contribution >= 0.6 is 11.3 Å². The first kappa shape index (κ1) is 16.4. The van der Waals surface area contributed by atoms with Crippen LogP contribution in [0, 0.1) is 5.92 Å². The summed E-state index contributed by atoms with van der Waals surface area (Å²) in [4.78, 5) is 32.2. The summed E-state index contributed by atoms with van der Waals surface area (Å²) in [5, 5.41) is 4.08. The third-order valence-corrected chi connectivity index (χ3v) is 7.32. The molecule has 2 aliphatic heterocycles. The third-order valence-electron chi connectivity index (χ3n) is 6.27. The number of hydrogen-bond acceptors (Lipinski definition) is 5. The number of nitrogens with zero attached hydrogens (tertiary/aromatic N) is 2. The predicted molar refractivity (Wildman–Crippen MR) is 101 cm³/mol. The molecule has 6 heteroatoms. The van der Waals surface area contributed by atoms with Gasteiger partial charge in [-0.15, -0.1) is 11.3 Å². The second kappa shape index (κ2) is 6.43. The number of carbonyl (C=O) groups is 2. The lowest BCUT2D eigenvalue weighted by atomic mass is 9.85. The number of fused-ring (bicyclic) bond motifs is 2. The Kier molecular flexibility index (Phi) is 4.05. The number of carbonyl (C=O) groups excluding carboxylic acids is 2. The monoisotopic (exact) mass is 369 g/mol. The summed E-state index contributed by atoms with van der Waals surface area (Å²) in [6.45, 7) is 0.688. The zero-order valence-corrected chi connectivity index (χ0v) is 15.5. The molecule has 2 aromatic rings. The van der Waals surface area contributed by atoms with Crippen molar-refractivity contribution >= 4 is 33.2 Å². The summed E-state index contributed by atoms with van der Waals surface area (Å²) >= 11 is 1.43. The van der Waals surface area contributed by atoms with Crippen molar-refractivity contribution in [3.8, 4) is 0 Å². The summed E-state index contributed by atoms with van der Waals surface area (Å²) in [5.41, 5.74) is 0.861. The molecule has 2 saturated heterocycles. The largest absolute Gasteiger partial charge is 0.331 e. The highest BCUT2D eigenvalue weighted by atomic mass is 32.1. The van der Waals surface area contributed by atoms with Crippen LogP contribution in [0.2, 0.25) is 0 Å². The SMILES string of the molecule is O=C(c1nc2ccccc2s1)[C@@H]1CCN1C(=O)[C@@H]1C[C@@H]2CCCC[C@@H]2N1. The fourth-order valence-electron chi connectivity index (χ4n) is 4.75. The standard InChI is InChI=1S/C20H23N3O2S/c24-18(19-22-14-7-3-4-8-17(14)26-19)16-9-10-23(16)20(25)15-11-12-5-1-2-6-13(12)21-15/h3-4,7-8,12-13,15-16,21H,1-2,5-6,9-11H2/t12-,13-,15-,16-/m0/s1. The zero-order chi connectivity index (χ0) is 17.7. The van der Waals surface area contributed by atoms with Crippen LogP contribution in [0.1, 0.15) is 48.3 Å². The molecule has 0 bridgehead atoms. The molecule has 0 radical (unpaired) electrons. The number of thiazole rings is 1. The zero-order valence-electron chi connectivity index (χ0n) is 14.7. The smallest absolute Gasteiger partial charge is 0.240 e. The third kappa shape index (κ3) is 2.67. The molecule has 3 aliphatic rings. The summed E-state index contributed by atoms with van der Waals surface area (Å²) in [5.74, 6) is 0.753. The number of hydrogen-bond donors (Lipinski definition) is 1. The van der Waals surface area contributed by atoms with Crippen molar-refractivity contribution in [2.24, 2.45) is 5.92 Å². The van der Waals surface area contributed by atoms with Gasteiger partial charge in [0.15, 0.2) is 5.01 Å². The minimum absolute atomic E-state index is 0.00112. The number of nitrogens with one attached hydrogen (secondary N) is 1. The van der Waals surface area contributed by atoms with E-state index in [2.05, 4.69) is 10.3 Å². The van der Waals surface area contributed by atoms with Crippen LogP contribution in [0.3, 0.4) is 0 Å². The molecule has 136 valence electrons. The maximum atomic E-state index is 13.0. The summed E-state index contributed by atoms with van der Waals surface area (Å²) < 4.78 is 1.02. The Morgan fingerprint density at radius 3 is 2.77 bits per heavy atom. The van der Waals surface area contributed by atoms with E-state index in [1.807, 2.05) is 24.3 Å². The van der Waals surface area contributed by atoms with Crippen LogP contribution in [0.4, 0.5) is 0 Å². The Morgan fingerprint density at radius 1 is 1.15 bits per heavy atom. The minimum atomic E-state index is -0.326. The molecule has 1 N–H and O–H groups in total. The Hall–Kier alpha value is -1.79. The quantitative estimate of drug-likeness (QED) is 0.845. The van der Waals surface area contributed by atoms with Gasteiger partial charge in [-0.25, -0.2) is 4.98 Å². The molecule has 26 heavy (non-hydrogen) atoms. The van der Waals surface area contributed by atoms with Crippen LogP contribution < -0.4 is 5.32 Å². The van der Waals surface area contributed by atoms with Crippen LogP contribution in [0.15, 0.2) is 24.3 Å². The molecule has 0 spiro atoms. The Morgan fingerprint density at radius 2 is 2.00 bits per heavy atom. The molecule has 4 atom stereocenters. The van der Waals surface area contributed by atoms with E-state index >= 15 is 0 Å². The number of Topliss-reactive ketones (excluding diaryl/α,β-unsaturated/α-hetero) is 1.